The topological polar surface area (TPSA) is 34.0 Å². The van der Waals surface area contributed by atoms with Crippen molar-refractivity contribution in [1.82, 2.24) is 4.57 Å². The predicted molar refractivity (Wildman–Crippen MR) is 105 cm³/mol. The Morgan fingerprint density at radius 1 is 0.885 bits per heavy atom. The van der Waals surface area contributed by atoms with Gasteiger partial charge in [-0.3, -0.25) is 9.36 Å². The normalized spacial score (nSPS) is 15.9. The van der Waals surface area contributed by atoms with Gasteiger partial charge < -0.3 is 5.32 Å². The van der Waals surface area contributed by atoms with Crippen LogP contribution in [-0.2, 0) is 0 Å². The summed E-state index contributed by atoms with van der Waals surface area (Å²) >= 11 is 0. The molecule has 126 valence electrons. The predicted octanol–water partition coefficient (Wildman–Crippen LogP) is 5.15. The van der Waals surface area contributed by atoms with Crippen LogP contribution in [0.1, 0.15) is 33.2 Å². The number of benzene rings is 3. The first-order chi connectivity index (χ1) is 12.7. The second-order valence-corrected chi connectivity index (χ2v) is 6.80. The average Bonchev–Trinajstić information content (AvgIpc) is 3.00. The highest BCUT2D eigenvalue weighted by atomic mass is 16.2. The van der Waals surface area contributed by atoms with E-state index in [2.05, 4.69) is 48.6 Å². The molecule has 0 saturated carbocycles. The van der Waals surface area contributed by atoms with Gasteiger partial charge in [0.1, 0.15) is 0 Å². The first-order valence-electron chi connectivity index (χ1n) is 8.79. The Balaban J connectivity index is 1.82. The first kappa shape index (κ1) is 15.0. The van der Waals surface area contributed by atoms with Crippen molar-refractivity contribution in [1.29, 1.82) is 0 Å². The van der Waals surface area contributed by atoms with Crippen molar-refractivity contribution >= 4 is 22.5 Å². The van der Waals surface area contributed by atoms with Crippen LogP contribution in [0.2, 0.25) is 0 Å². The van der Waals surface area contributed by atoms with E-state index in [1.54, 1.807) is 0 Å². The van der Waals surface area contributed by atoms with Gasteiger partial charge >= 0.3 is 0 Å². The van der Waals surface area contributed by atoms with Crippen LogP contribution in [0.15, 0.2) is 78.9 Å². The lowest BCUT2D eigenvalue weighted by atomic mass is 10.0. The number of carbonyl (C=O) groups excluding carboxylic acids is 1. The van der Waals surface area contributed by atoms with Crippen molar-refractivity contribution in [2.75, 3.05) is 5.32 Å². The Hall–Kier alpha value is -3.33. The molecule has 3 heteroatoms. The molecule has 0 saturated heterocycles. The van der Waals surface area contributed by atoms with Crippen molar-refractivity contribution < 1.29 is 4.79 Å². The standard InChI is InChI=1S/C23H18N2O/c1-15-10-12-16(13-11-15)22-21-14-17-6-2-5-9-20(17)25(21)23(26)18-7-3-4-8-19(18)24-22/h2-14,22,24H,1H3. The number of anilines is 1. The largest absolute Gasteiger partial charge is 0.372 e. The molecule has 0 spiro atoms. The zero-order valence-corrected chi connectivity index (χ0v) is 14.4. The fourth-order valence-corrected chi connectivity index (χ4v) is 3.77. The number of nitrogens with one attached hydrogen (secondary N) is 1. The summed E-state index contributed by atoms with van der Waals surface area (Å²) in [6.45, 7) is 2.08. The Bertz CT molecular complexity index is 1140. The van der Waals surface area contributed by atoms with Crippen molar-refractivity contribution in [2.24, 2.45) is 0 Å². The van der Waals surface area contributed by atoms with E-state index in [1.807, 2.05) is 47.0 Å². The summed E-state index contributed by atoms with van der Waals surface area (Å²) in [5.74, 6) is 0.0129. The summed E-state index contributed by atoms with van der Waals surface area (Å²) in [4.78, 5) is 13.4. The van der Waals surface area contributed by atoms with Crippen LogP contribution in [0.25, 0.3) is 10.9 Å². The number of aromatic nitrogens is 1. The van der Waals surface area contributed by atoms with E-state index < -0.39 is 0 Å². The summed E-state index contributed by atoms with van der Waals surface area (Å²) in [6, 6.07) is 26.3. The van der Waals surface area contributed by atoms with Crippen molar-refractivity contribution in [3.8, 4) is 0 Å². The monoisotopic (exact) mass is 338 g/mol. The van der Waals surface area contributed by atoms with E-state index in [-0.39, 0.29) is 11.9 Å². The molecule has 0 amide bonds. The van der Waals surface area contributed by atoms with Gasteiger partial charge in [0.2, 0.25) is 0 Å². The molecule has 1 aliphatic rings. The number of hydrogen-bond donors (Lipinski definition) is 1. The minimum atomic E-state index is -0.0874. The Labute approximate surface area is 151 Å². The second kappa shape index (κ2) is 5.60. The SMILES string of the molecule is Cc1ccc(C2Nc3ccccc3C(=O)n3c2cc2ccccc23)cc1. The van der Waals surface area contributed by atoms with Crippen LogP contribution >= 0.6 is 0 Å². The van der Waals surface area contributed by atoms with Gasteiger partial charge in [0.05, 0.1) is 22.8 Å². The van der Waals surface area contributed by atoms with Crippen LogP contribution in [0, 0.1) is 6.92 Å². The summed E-state index contributed by atoms with van der Waals surface area (Å²) < 4.78 is 1.86. The number of hydrogen-bond acceptors (Lipinski definition) is 2. The van der Waals surface area contributed by atoms with Crippen LogP contribution in [0.3, 0.4) is 0 Å². The molecule has 2 heterocycles. The van der Waals surface area contributed by atoms with Crippen molar-refractivity contribution in [3.05, 3.63) is 101 Å². The summed E-state index contributed by atoms with van der Waals surface area (Å²) in [7, 11) is 0. The van der Waals surface area contributed by atoms with Gasteiger partial charge in [-0.25, -0.2) is 0 Å². The molecule has 5 rings (SSSR count). The third kappa shape index (κ3) is 2.17. The van der Waals surface area contributed by atoms with E-state index in [1.165, 1.54) is 5.56 Å². The molecular weight excluding hydrogens is 320 g/mol. The van der Waals surface area contributed by atoms with E-state index in [9.17, 15) is 4.79 Å². The number of carbonyl (C=O) groups is 1. The van der Waals surface area contributed by atoms with Crippen molar-refractivity contribution in [3.63, 3.8) is 0 Å². The van der Waals surface area contributed by atoms with Crippen LogP contribution in [0.4, 0.5) is 5.69 Å². The first-order valence-corrected chi connectivity index (χ1v) is 8.79. The molecule has 1 aliphatic heterocycles. The Kier molecular flexibility index (Phi) is 3.22. The van der Waals surface area contributed by atoms with Gasteiger partial charge in [-0.05, 0) is 36.8 Å². The zero-order chi connectivity index (χ0) is 17.7. The van der Waals surface area contributed by atoms with Crippen LogP contribution in [0.5, 0.6) is 0 Å². The summed E-state index contributed by atoms with van der Waals surface area (Å²) in [6.07, 6.45) is 0. The molecule has 0 bridgehead atoms. The maximum atomic E-state index is 13.4. The molecule has 1 aromatic heterocycles. The van der Waals surface area contributed by atoms with Crippen LogP contribution in [-0.4, -0.2) is 10.5 Å². The summed E-state index contributed by atoms with van der Waals surface area (Å²) in [5.41, 5.74) is 5.85. The molecule has 3 aromatic carbocycles. The lowest BCUT2D eigenvalue weighted by Crippen LogP contribution is -2.16. The van der Waals surface area contributed by atoms with Gasteiger partial charge in [0, 0.05) is 11.1 Å². The van der Waals surface area contributed by atoms with Gasteiger partial charge in [0.15, 0.2) is 0 Å². The Morgan fingerprint density at radius 3 is 2.46 bits per heavy atom. The molecule has 1 N–H and O–H groups in total. The van der Waals surface area contributed by atoms with E-state index in [0.29, 0.717) is 5.56 Å². The molecule has 3 nitrogen and oxygen atoms in total. The quantitative estimate of drug-likeness (QED) is 0.520. The third-order valence-corrected chi connectivity index (χ3v) is 5.11. The van der Waals surface area contributed by atoms with Gasteiger partial charge in [-0.15, -0.1) is 0 Å². The lowest BCUT2D eigenvalue weighted by molar-refractivity contribution is 0.0964. The van der Waals surface area contributed by atoms with E-state index in [0.717, 1.165) is 27.8 Å². The minimum absolute atomic E-state index is 0.0129. The number of rotatable bonds is 1. The molecule has 4 aromatic rings. The fraction of sp³-hybridized carbons (Fsp3) is 0.0870. The molecule has 0 fully saturated rings. The van der Waals surface area contributed by atoms with Gasteiger partial charge in [0.25, 0.3) is 5.91 Å². The fourth-order valence-electron chi connectivity index (χ4n) is 3.77. The molecular formula is C23H18N2O. The summed E-state index contributed by atoms with van der Waals surface area (Å²) in [5, 5.41) is 4.68. The Morgan fingerprint density at radius 2 is 1.62 bits per heavy atom. The smallest absolute Gasteiger partial charge is 0.264 e. The maximum Gasteiger partial charge on any atom is 0.264 e. The molecule has 0 aliphatic carbocycles. The third-order valence-electron chi connectivity index (χ3n) is 5.11. The van der Waals surface area contributed by atoms with Crippen LogP contribution < -0.4 is 5.32 Å². The molecule has 1 unspecified atom stereocenters. The highest BCUT2D eigenvalue weighted by Crippen LogP contribution is 2.36. The average molecular weight is 338 g/mol. The number of para-hydroxylation sites is 2. The van der Waals surface area contributed by atoms with Crippen molar-refractivity contribution in [2.45, 2.75) is 13.0 Å². The maximum absolute atomic E-state index is 13.4. The lowest BCUT2D eigenvalue weighted by Gasteiger charge is -2.19. The number of aryl methyl sites for hydroxylation is 1. The highest BCUT2D eigenvalue weighted by Gasteiger charge is 2.29. The van der Waals surface area contributed by atoms with Gasteiger partial charge in [-0.1, -0.05) is 60.2 Å². The van der Waals surface area contributed by atoms with Gasteiger partial charge in [-0.2, -0.15) is 0 Å². The highest BCUT2D eigenvalue weighted by molar-refractivity contribution is 6.07. The number of fused-ring (bicyclic) bond motifs is 4. The minimum Gasteiger partial charge on any atom is -0.372 e. The molecule has 26 heavy (non-hydrogen) atoms. The molecule has 1 atom stereocenters. The van der Waals surface area contributed by atoms with E-state index in [4.69, 9.17) is 0 Å². The number of nitrogens with zero attached hydrogens (tertiary/aromatic N) is 1. The van der Waals surface area contributed by atoms with E-state index >= 15 is 0 Å². The second-order valence-electron chi connectivity index (χ2n) is 6.80. The zero-order valence-electron chi connectivity index (χ0n) is 14.4. The molecule has 0 radical (unpaired) electrons.